The van der Waals surface area contributed by atoms with Gasteiger partial charge >= 0.3 is 0 Å². The lowest BCUT2D eigenvalue weighted by Gasteiger charge is -2.08. The molecule has 0 bridgehead atoms. The number of rotatable bonds is 6. The minimum absolute atomic E-state index is 0.179. The lowest BCUT2D eigenvalue weighted by molar-refractivity contribution is 0.0982. The van der Waals surface area contributed by atoms with E-state index in [9.17, 15) is 4.79 Å². The Morgan fingerprint density at radius 1 is 1.38 bits per heavy atom. The molecule has 1 rings (SSSR count). The van der Waals surface area contributed by atoms with Crippen LogP contribution in [0.3, 0.4) is 0 Å². The van der Waals surface area contributed by atoms with Gasteiger partial charge in [-0.25, -0.2) is 0 Å². The standard InChI is InChI=1S/C13H16BrClO/c1-10(9-14)11-4-6-12(7-5-11)13(16)3-2-8-15/h4-7,10H,2-3,8-9H2,1H3. The maximum atomic E-state index is 11.7. The average molecular weight is 304 g/mol. The van der Waals surface area contributed by atoms with E-state index < -0.39 is 0 Å². The second-order valence-electron chi connectivity index (χ2n) is 3.89. The summed E-state index contributed by atoms with van der Waals surface area (Å²) in [4.78, 5) is 11.7. The number of hydrogen-bond acceptors (Lipinski definition) is 1. The van der Waals surface area contributed by atoms with Gasteiger partial charge in [-0.1, -0.05) is 47.1 Å². The number of hydrogen-bond donors (Lipinski definition) is 0. The Kier molecular flexibility index (Phi) is 6.07. The molecule has 0 spiro atoms. The van der Waals surface area contributed by atoms with Crippen LogP contribution >= 0.6 is 27.5 Å². The summed E-state index contributed by atoms with van der Waals surface area (Å²) < 4.78 is 0. The first-order chi connectivity index (χ1) is 7.69. The SMILES string of the molecule is CC(CBr)c1ccc(C(=O)CCCCl)cc1. The van der Waals surface area contributed by atoms with E-state index in [4.69, 9.17) is 11.6 Å². The monoisotopic (exact) mass is 302 g/mol. The summed E-state index contributed by atoms with van der Waals surface area (Å²) in [5, 5.41) is 0.937. The van der Waals surface area contributed by atoms with Gasteiger partial charge in [0.1, 0.15) is 0 Å². The zero-order chi connectivity index (χ0) is 12.0. The van der Waals surface area contributed by atoms with Crippen molar-refractivity contribution in [1.29, 1.82) is 0 Å². The summed E-state index contributed by atoms with van der Waals surface area (Å²) in [7, 11) is 0. The van der Waals surface area contributed by atoms with E-state index in [2.05, 4.69) is 22.9 Å². The van der Waals surface area contributed by atoms with Crippen molar-refractivity contribution >= 4 is 33.3 Å². The smallest absolute Gasteiger partial charge is 0.162 e. The molecule has 1 atom stereocenters. The third kappa shape index (κ3) is 3.91. The second-order valence-corrected chi connectivity index (χ2v) is 4.92. The Morgan fingerprint density at radius 3 is 2.50 bits per heavy atom. The van der Waals surface area contributed by atoms with Gasteiger partial charge in [-0.3, -0.25) is 4.79 Å². The largest absolute Gasteiger partial charge is 0.294 e. The first-order valence-electron chi connectivity index (χ1n) is 5.44. The molecule has 0 aliphatic heterocycles. The minimum Gasteiger partial charge on any atom is -0.294 e. The molecule has 3 heteroatoms. The number of halogens is 2. The van der Waals surface area contributed by atoms with Crippen LogP contribution in [0.1, 0.15) is 41.6 Å². The molecule has 1 aromatic rings. The Bertz CT molecular complexity index is 334. The third-order valence-electron chi connectivity index (χ3n) is 2.57. The minimum atomic E-state index is 0.179. The van der Waals surface area contributed by atoms with Crippen molar-refractivity contribution in [1.82, 2.24) is 0 Å². The molecule has 0 radical (unpaired) electrons. The fraction of sp³-hybridized carbons (Fsp3) is 0.462. The lowest BCUT2D eigenvalue weighted by atomic mass is 9.99. The van der Waals surface area contributed by atoms with Crippen molar-refractivity contribution in [2.24, 2.45) is 0 Å². The second kappa shape index (κ2) is 7.08. The van der Waals surface area contributed by atoms with Crippen LogP contribution in [-0.4, -0.2) is 17.0 Å². The van der Waals surface area contributed by atoms with Crippen molar-refractivity contribution in [2.45, 2.75) is 25.7 Å². The predicted molar refractivity (Wildman–Crippen MR) is 72.9 cm³/mol. The number of ketones is 1. The molecule has 0 heterocycles. The van der Waals surface area contributed by atoms with Crippen molar-refractivity contribution in [2.75, 3.05) is 11.2 Å². The van der Waals surface area contributed by atoms with Crippen molar-refractivity contribution in [3.63, 3.8) is 0 Å². The van der Waals surface area contributed by atoms with E-state index in [1.54, 1.807) is 0 Å². The van der Waals surface area contributed by atoms with E-state index in [1.807, 2.05) is 24.3 Å². The van der Waals surface area contributed by atoms with Crippen LogP contribution in [0, 0.1) is 0 Å². The van der Waals surface area contributed by atoms with Gasteiger partial charge in [0.15, 0.2) is 5.78 Å². The normalized spacial score (nSPS) is 12.4. The molecule has 1 nitrogen and oxygen atoms in total. The van der Waals surface area contributed by atoms with Gasteiger partial charge in [-0.2, -0.15) is 0 Å². The Morgan fingerprint density at radius 2 is 2.00 bits per heavy atom. The Balaban J connectivity index is 2.67. The zero-order valence-electron chi connectivity index (χ0n) is 9.38. The number of carbonyl (C=O) groups is 1. The molecular weight excluding hydrogens is 287 g/mol. The van der Waals surface area contributed by atoms with Crippen LogP contribution in [0.15, 0.2) is 24.3 Å². The summed E-state index contributed by atoms with van der Waals surface area (Å²) >= 11 is 9.01. The summed E-state index contributed by atoms with van der Waals surface area (Å²) in [5.74, 6) is 1.20. The van der Waals surface area contributed by atoms with Crippen molar-refractivity contribution < 1.29 is 4.79 Å². The van der Waals surface area contributed by atoms with Crippen LogP contribution < -0.4 is 0 Å². The maximum Gasteiger partial charge on any atom is 0.162 e. The molecule has 0 saturated heterocycles. The average Bonchev–Trinajstić information content (AvgIpc) is 2.35. The van der Waals surface area contributed by atoms with Gasteiger partial charge in [-0.05, 0) is 17.9 Å². The fourth-order valence-electron chi connectivity index (χ4n) is 1.46. The molecule has 1 aromatic carbocycles. The highest BCUT2D eigenvalue weighted by atomic mass is 79.9. The molecule has 0 aliphatic carbocycles. The Labute approximate surface area is 110 Å². The van der Waals surface area contributed by atoms with Crippen molar-refractivity contribution in [3.8, 4) is 0 Å². The molecule has 0 saturated carbocycles. The molecule has 16 heavy (non-hydrogen) atoms. The van der Waals surface area contributed by atoms with Crippen LogP contribution in [0.25, 0.3) is 0 Å². The van der Waals surface area contributed by atoms with Gasteiger partial charge in [0.2, 0.25) is 0 Å². The Hall–Kier alpha value is -0.340. The molecule has 0 aromatic heterocycles. The zero-order valence-corrected chi connectivity index (χ0v) is 11.7. The van der Waals surface area contributed by atoms with Crippen molar-refractivity contribution in [3.05, 3.63) is 35.4 Å². The van der Waals surface area contributed by atoms with Crippen LogP contribution in [0.4, 0.5) is 0 Å². The van der Waals surface area contributed by atoms with Crippen LogP contribution in [-0.2, 0) is 0 Å². The van der Waals surface area contributed by atoms with Crippen LogP contribution in [0.2, 0.25) is 0 Å². The molecule has 1 unspecified atom stereocenters. The lowest BCUT2D eigenvalue weighted by Crippen LogP contribution is -2.01. The molecule has 88 valence electrons. The van der Waals surface area contributed by atoms with Gasteiger partial charge in [0.25, 0.3) is 0 Å². The number of Topliss-reactive ketones (excluding diaryl/α,β-unsaturated/α-hetero) is 1. The highest BCUT2D eigenvalue weighted by Gasteiger charge is 2.07. The molecular formula is C13H16BrClO. The molecule has 0 aliphatic rings. The van der Waals surface area contributed by atoms with Gasteiger partial charge in [0, 0.05) is 23.2 Å². The summed E-state index contributed by atoms with van der Waals surface area (Å²) in [6.45, 7) is 2.15. The maximum absolute atomic E-state index is 11.7. The number of alkyl halides is 2. The molecule has 0 amide bonds. The van der Waals surface area contributed by atoms with E-state index in [-0.39, 0.29) is 5.78 Å². The van der Waals surface area contributed by atoms with E-state index in [0.29, 0.717) is 18.2 Å². The summed E-state index contributed by atoms with van der Waals surface area (Å²) in [6, 6.07) is 7.87. The highest BCUT2D eigenvalue weighted by molar-refractivity contribution is 9.09. The van der Waals surface area contributed by atoms with Gasteiger partial charge in [-0.15, -0.1) is 11.6 Å². The van der Waals surface area contributed by atoms with Crippen LogP contribution in [0.5, 0.6) is 0 Å². The third-order valence-corrected chi connectivity index (χ3v) is 3.81. The fourth-order valence-corrected chi connectivity index (χ4v) is 1.97. The number of carbonyl (C=O) groups excluding carboxylic acids is 1. The summed E-state index contributed by atoms with van der Waals surface area (Å²) in [6.07, 6.45) is 1.29. The van der Waals surface area contributed by atoms with E-state index in [1.165, 1.54) is 5.56 Å². The van der Waals surface area contributed by atoms with Gasteiger partial charge < -0.3 is 0 Å². The topological polar surface area (TPSA) is 17.1 Å². The molecule has 0 N–H and O–H groups in total. The summed E-state index contributed by atoms with van der Waals surface area (Å²) in [5.41, 5.74) is 2.04. The first kappa shape index (κ1) is 13.7. The quantitative estimate of drug-likeness (QED) is 0.563. The van der Waals surface area contributed by atoms with E-state index in [0.717, 1.165) is 17.3 Å². The van der Waals surface area contributed by atoms with E-state index >= 15 is 0 Å². The van der Waals surface area contributed by atoms with Gasteiger partial charge in [0.05, 0.1) is 0 Å². The highest BCUT2D eigenvalue weighted by Crippen LogP contribution is 2.18. The number of benzene rings is 1. The predicted octanol–water partition coefficient (Wildman–Crippen LogP) is 4.39. The molecule has 0 fully saturated rings. The first-order valence-corrected chi connectivity index (χ1v) is 7.09.